The van der Waals surface area contributed by atoms with Crippen LogP contribution in [0.4, 0.5) is 19.0 Å². The lowest BCUT2D eigenvalue weighted by Crippen LogP contribution is -2.52. The Hall–Kier alpha value is -3.73. The van der Waals surface area contributed by atoms with Crippen molar-refractivity contribution in [3.63, 3.8) is 0 Å². The Balaban J connectivity index is 1.34. The van der Waals surface area contributed by atoms with Crippen LogP contribution in [0.15, 0.2) is 48.7 Å². The minimum absolute atomic E-state index is 0.0879. The van der Waals surface area contributed by atoms with Crippen molar-refractivity contribution in [1.29, 1.82) is 0 Å². The molecule has 5 rings (SSSR count). The van der Waals surface area contributed by atoms with Gasteiger partial charge >= 0.3 is 6.36 Å². The van der Waals surface area contributed by atoms with Gasteiger partial charge in [0, 0.05) is 36.6 Å². The standard InChI is InChI=1S/C23H22F3N7O/c1-14-18-11-16(6-7-19(18)31-30-14)22-29-21(12-28-32-22)33-9-8-27-17(13-33)10-15-4-2-3-5-20(15)34-23(24,25)26/h2-7,11-12,17,27H,8-10,13H2,1H3,(H,30,31). The van der Waals surface area contributed by atoms with Crippen molar-refractivity contribution in [3.05, 3.63) is 59.9 Å². The second-order valence-corrected chi connectivity index (χ2v) is 8.16. The lowest BCUT2D eigenvalue weighted by atomic mass is 10.0. The maximum absolute atomic E-state index is 12.8. The summed E-state index contributed by atoms with van der Waals surface area (Å²) in [6.07, 6.45) is -2.75. The van der Waals surface area contributed by atoms with Gasteiger partial charge in [-0.25, -0.2) is 4.98 Å². The maximum Gasteiger partial charge on any atom is 0.573 e. The summed E-state index contributed by atoms with van der Waals surface area (Å²) in [5.74, 6) is 0.990. The molecule has 1 aliphatic heterocycles. The van der Waals surface area contributed by atoms with Crippen molar-refractivity contribution in [2.45, 2.75) is 25.7 Å². The van der Waals surface area contributed by atoms with Gasteiger partial charge in [0.05, 0.1) is 17.4 Å². The minimum Gasteiger partial charge on any atom is -0.406 e. The lowest BCUT2D eigenvalue weighted by molar-refractivity contribution is -0.274. The van der Waals surface area contributed by atoms with Crippen LogP contribution >= 0.6 is 0 Å². The van der Waals surface area contributed by atoms with Crippen LogP contribution in [0.1, 0.15) is 11.3 Å². The van der Waals surface area contributed by atoms with Gasteiger partial charge in [-0.2, -0.15) is 10.2 Å². The second-order valence-electron chi connectivity index (χ2n) is 8.16. The van der Waals surface area contributed by atoms with Crippen LogP contribution in [-0.2, 0) is 6.42 Å². The predicted molar refractivity (Wildman–Crippen MR) is 120 cm³/mol. The summed E-state index contributed by atoms with van der Waals surface area (Å²) in [4.78, 5) is 6.78. The lowest BCUT2D eigenvalue weighted by Gasteiger charge is -2.34. The molecule has 0 radical (unpaired) electrons. The molecule has 0 saturated carbocycles. The third kappa shape index (κ3) is 4.79. The fraction of sp³-hybridized carbons (Fsp3) is 0.304. The van der Waals surface area contributed by atoms with Gasteiger partial charge in [-0.1, -0.05) is 18.2 Å². The number of alkyl halides is 3. The summed E-state index contributed by atoms with van der Waals surface area (Å²) in [5, 5.41) is 19.9. The Labute approximate surface area is 193 Å². The number of anilines is 1. The molecule has 0 aliphatic carbocycles. The van der Waals surface area contributed by atoms with Crippen LogP contribution in [0.25, 0.3) is 22.3 Å². The molecular weight excluding hydrogens is 447 g/mol. The van der Waals surface area contributed by atoms with E-state index in [1.807, 2.05) is 25.1 Å². The van der Waals surface area contributed by atoms with E-state index in [2.05, 4.69) is 35.3 Å². The van der Waals surface area contributed by atoms with Crippen LogP contribution in [0, 0.1) is 6.92 Å². The van der Waals surface area contributed by atoms with Gasteiger partial charge in [0.1, 0.15) is 5.75 Å². The molecule has 4 aromatic rings. The first kappa shape index (κ1) is 22.1. The van der Waals surface area contributed by atoms with Crippen molar-refractivity contribution in [3.8, 4) is 17.1 Å². The van der Waals surface area contributed by atoms with E-state index in [-0.39, 0.29) is 11.8 Å². The summed E-state index contributed by atoms with van der Waals surface area (Å²) < 4.78 is 42.5. The van der Waals surface area contributed by atoms with Crippen LogP contribution in [0.2, 0.25) is 0 Å². The summed E-state index contributed by atoms with van der Waals surface area (Å²) in [5.41, 5.74) is 3.14. The number of halogens is 3. The summed E-state index contributed by atoms with van der Waals surface area (Å²) in [7, 11) is 0. The average molecular weight is 469 g/mol. The monoisotopic (exact) mass is 469 g/mol. The Morgan fingerprint density at radius 2 is 2.03 bits per heavy atom. The van der Waals surface area contributed by atoms with Gasteiger partial charge in [-0.05, 0) is 43.2 Å². The van der Waals surface area contributed by atoms with Crippen molar-refractivity contribution in [2.75, 3.05) is 24.5 Å². The van der Waals surface area contributed by atoms with E-state index in [1.54, 1.807) is 18.3 Å². The molecule has 1 atom stereocenters. The van der Waals surface area contributed by atoms with Crippen molar-refractivity contribution < 1.29 is 17.9 Å². The Bertz CT molecular complexity index is 1310. The van der Waals surface area contributed by atoms with E-state index in [1.165, 1.54) is 12.1 Å². The van der Waals surface area contributed by atoms with Crippen LogP contribution in [0.3, 0.4) is 0 Å². The zero-order valence-corrected chi connectivity index (χ0v) is 18.3. The van der Waals surface area contributed by atoms with Crippen LogP contribution < -0.4 is 15.0 Å². The predicted octanol–water partition coefficient (Wildman–Crippen LogP) is 3.64. The summed E-state index contributed by atoms with van der Waals surface area (Å²) in [6.45, 7) is 3.83. The molecule has 34 heavy (non-hydrogen) atoms. The second kappa shape index (κ2) is 8.90. The van der Waals surface area contributed by atoms with E-state index in [9.17, 15) is 13.2 Å². The Morgan fingerprint density at radius 3 is 2.88 bits per heavy atom. The zero-order chi connectivity index (χ0) is 23.7. The maximum atomic E-state index is 12.8. The molecule has 1 aliphatic rings. The number of rotatable bonds is 5. The number of ether oxygens (including phenoxy) is 1. The highest BCUT2D eigenvalue weighted by atomic mass is 19.4. The molecule has 11 heteroatoms. The summed E-state index contributed by atoms with van der Waals surface area (Å²) in [6, 6.07) is 12.0. The highest BCUT2D eigenvalue weighted by molar-refractivity contribution is 5.85. The number of hydrogen-bond donors (Lipinski definition) is 2. The quantitative estimate of drug-likeness (QED) is 0.461. The number of aromatic nitrogens is 5. The number of nitrogens with one attached hydrogen (secondary N) is 2. The molecular formula is C23H22F3N7O. The average Bonchev–Trinajstić information content (AvgIpc) is 3.20. The van der Waals surface area contributed by atoms with E-state index in [0.29, 0.717) is 43.3 Å². The number of fused-ring (bicyclic) bond motifs is 1. The highest BCUT2D eigenvalue weighted by Gasteiger charge is 2.32. The van der Waals surface area contributed by atoms with Crippen molar-refractivity contribution in [2.24, 2.45) is 0 Å². The molecule has 1 unspecified atom stereocenters. The topological polar surface area (TPSA) is 91.9 Å². The molecule has 1 fully saturated rings. The molecule has 176 valence electrons. The number of nitrogens with zero attached hydrogens (tertiary/aromatic N) is 5. The van der Waals surface area contributed by atoms with Crippen molar-refractivity contribution in [1.82, 2.24) is 30.7 Å². The van der Waals surface area contributed by atoms with Gasteiger partial charge in [0.2, 0.25) is 0 Å². The Morgan fingerprint density at radius 1 is 1.18 bits per heavy atom. The molecule has 8 nitrogen and oxygen atoms in total. The molecule has 1 saturated heterocycles. The Kier molecular flexibility index (Phi) is 5.78. The molecule has 0 bridgehead atoms. The van der Waals surface area contributed by atoms with Crippen molar-refractivity contribution >= 4 is 16.7 Å². The number of aromatic amines is 1. The van der Waals surface area contributed by atoms with Gasteiger partial charge in [-0.3, -0.25) is 5.10 Å². The smallest absolute Gasteiger partial charge is 0.406 e. The highest BCUT2D eigenvalue weighted by Crippen LogP contribution is 2.28. The number of H-pyrrole nitrogens is 1. The first-order chi connectivity index (χ1) is 16.4. The SMILES string of the molecule is Cc1n[nH]c2ccc(-c3nncc(N4CCNC(Cc5ccccc5OC(F)(F)F)C4)n3)cc12. The zero-order valence-electron chi connectivity index (χ0n) is 18.3. The van der Waals surface area contributed by atoms with Crippen LogP contribution in [0.5, 0.6) is 5.75 Å². The number of aryl methyl sites for hydroxylation is 1. The minimum atomic E-state index is -4.73. The largest absolute Gasteiger partial charge is 0.573 e. The number of para-hydroxylation sites is 1. The number of benzene rings is 2. The normalized spacial score (nSPS) is 16.7. The van der Waals surface area contributed by atoms with E-state index >= 15 is 0 Å². The van der Waals surface area contributed by atoms with Gasteiger partial charge in [0.15, 0.2) is 11.6 Å². The van der Waals surface area contributed by atoms with E-state index < -0.39 is 6.36 Å². The molecule has 0 amide bonds. The first-order valence-electron chi connectivity index (χ1n) is 10.8. The third-order valence-electron chi connectivity index (χ3n) is 5.80. The summed E-state index contributed by atoms with van der Waals surface area (Å²) >= 11 is 0. The number of piperazine rings is 1. The molecule has 2 aromatic carbocycles. The first-order valence-corrected chi connectivity index (χ1v) is 10.8. The third-order valence-corrected chi connectivity index (χ3v) is 5.80. The van der Waals surface area contributed by atoms with Gasteiger partial charge < -0.3 is 15.0 Å². The molecule has 3 heterocycles. The van der Waals surface area contributed by atoms with Gasteiger partial charge in [-0.15, -0.1) is 18.3 Å². The molecule has 2 aromatic heterocycles. The van der Waals surface area contributed by atoms with Crippen LogP contribution in [-0.4, -0.2) is 57.4 Å². The van der Waals surface area contributed by atoms with E-state index in [4.69, 9.17) is 4.98 Å². The molecule has 0 spiro atoms. The molecule has 2 N–H and O–H groups in total. The number of hydrogen-bond acceptors (Lipinski definition) is 7. The van der Waals surface area contributed by atoms with Gasteiger partial charge in [0.25, 0.3) is 0 Å². The fourth-order valence-corrected chi connectivity index (χ4v) is 4.19. The van der Waals surface area contributed by atoms with E-state index in [0.717, 1.165) is 22.2 Å². The fourth-order valence-electron chi connectivity index (χ4n) is 4.19.